The van der Waals surface area contributed by atoms with E-state index in [-0.39, 0.29) is 12.6 Å². The Morgan fingerprint density at radius 2 is 2.16 bits per heavy atom. The molecule has 0 saturated carbocycles. The second-order valence-electron chi connectivity index (χ2n) is 4.64. The van der Waals surface area contributed by atoms with Crippen molar-refractivity contribution in [3.05, 3.63) is 28.2 Å². The minimum atomic E-state index is 0.225. The third-order valence-corrected chi connectivity index (χ3v) is 3.45. The number of halogens is 1. The maximum Gasteiger partial charge on any atom is 0.125 e. The average molecular weight is 330 g/mol. The van der Waals surface area contributed by atoms with E-state index in [1.807, 2.05) is 12.1 Å². The summed E-state index contributed by atoms with van der Waals surface area (Å²) in [7, 11) is 0. The quantitative estimate of drug-likeness (QED) is 0.679. The van der Waals surface area contributed by atoms with E-state index < -0.39 is 0 Å². The summed E-state index contributed by atoms with van der Waals surface area (Å²) >= 11 is 3.48. The number of hydrogen-bond acceptors (Lipinski definition) is 3. The lowest BCUT2D eigenvalue weighted by atomic mass is 10.1. The molecule has 0 amide bonds. The summed E-state index contributed by atoms with van der Waals surface area (Å²) in [4.78, 5) is 0. The third kappa shape index (κ3) is 5.93. The van der Waals surface area contributed by atoms with Crippen molar-refractivity contribution >= 4 is 15.9 Å². The highest BCUT2D eigenvalue weighted by molar-refractivity contribution is 9.10. The lowest BCUT2D eigenvalue weighted by Crippen LogP contribution is -2.20. The van der Waals surface area contributed by atoms with Gasteiger partial charge in [-0.05, 0) is 44.9 Å². The monoisotopic (exact) mass is 329 g/mol. The Bertz CT molecular complexity index is 371. The van der Waals surface area contributed by atoms with Gasteiger partial charge in [0.05, 0.1) is 6.61 Å². The SMILES string of the molecule is CCCNC(C)c1ccc(Br)cc1OCCCCO. The fourth-order valence-corrected chi connectivity index (χ4v) is 2.20. The Balaban J connectivity index is 2.67. The fourth-order valence-electron chi connectivity index (χ4n) is 1.86. The van der Waals surface area contributed by atoms with Gasteiger partial charge in [0.1, 0.15) is 5.75 Å². The van der Waals surface area contributed by atoms with Crippen LogP contribution in [0.15, 0.2) is 22.7 Å². The van der Waals surface area contributed by atoms with Gasteiger partial charge in [0, 0.05) is 22.7 Å². The predicted molar refractivity (Wildman–Crippen MR) is 82.7 cm³/mol. The standard InChI is InChI=1S/C15H24BrNO2/c1-3-8-17-12(2)14-7-6-13(16)11-15(14)19-10-5-4-9-18/h6-7,11-12,17-18H,3-5,8-10H2,1-2H3. The largest absolute Gasteiger partial charge is 0.493 e. The van der Waals surface area contributed by atoms with Gasteiger partial charge in [-0.2, -0.15) is 0 Å². The molecule has 0 radical (unpaired) electrons. The van der Waals surface area contributed by atoms with Crippen molar-refractivity contribution in [1.29, 1.82) is 0 Å². The molecule has 0 heterocycles. The first kappa shape index (κ1) is 16.5. The van der Waals surface area contributed by atoms with E-state index in [1.165, 1.54) is 5.56 Å². The molecule has 1 unspecified atom stereocenters. The molecule has 1 aromatic rings. The number of rotatable bonds is 9. The molecule has 1 aromatic carbocycles. The first-order valence-electron chi connectivity index (χ1n) is 6.95. The molecule has 3 nitrogen and oxygen atoms in total. The summed E-state index contributed by atoms with van der Waals surface area (Å²) < 4.78 is 6.86. The molecule has 0 aliphatic rings. The van der Waals surface area contributed by atoms with E-state index in [2.05, 4.69) is 41.2 Å². The van der Waals surface area contributed by atoms with Gasteiger partial charge in [0.25, 0.3) is 0 Å². The van der Waals surface area contributed by atoms with Crippen LogP contribution in [-0.4, -0.2) is 24.9 Å². The highest BCUT2D eigenvalue weighted by Crippen LogP contribution is 2.28. The number of aliphatic hydroxyl groups excluding tert-OH is 1. The number of nitrogens with one attached hydrogen (secondary N) is 1. The molecule has 0 spiro atoms. The normalized spacial score (nSPS) is 12.4. The highest BCUT2D eigenvalue weighted by Gasteiger charge is 2.11. The molecule has 4 heteroatoms. The van der Waals surface area contributed by atoms with Gasteiger partial charge < -0.3 is 15.2 Å². The van der Waals surface area contributed by atoms with Crippen molar-refractivity contribution in [3.8, 4) is 5.75 Å². The zero-order valence-corrected chi connectivity index (χ0v) is 13.4. The van der Waals surface area contributed by atoms with Crippen LogP contribution in [0, 0.1) is 0 Å². The van der Waals surface area contributed by atoms with Gasteiger partial charge in [-0.1, -0.05) is 28.9 Å². The molecule has 19 heavy (non-hydrogen) atoms. The summed E-state index contributed by atoms with van der Waals surface area (Å²) in [5.41, 5.74) is 1.18. The third-order valence-electron chi connectivity index (χ3n) is 2.95. The topological polar surface area (TPSA) is 41.5 Å². The highest BCUT2D eigenvalue weighted by atomic mass is 79.9. The van der Waals surface area contributed by atoms with Crippen LogP contribution in [0.2, 0.25) is 0 Å². The maximum atomic E-state index is 8.77. The van der Waals surface area contributed by atoms with Crippen LogP contribution in [0.5, 0.6) is 5.75 Å². The Morgan fingerprint density at radius 1 is 1.37 bits per heavy atom. The molecular formula is C15H24BrNO2. The van der Waals surface area contributed by atoms with Crippen molar-refractivity contribution in [2.75, 3.05) is 19.8 Å². The van der Waals surface area contributed by atoms with E-state index in [9.17, 15) is 0 Å². The van der Waals surface area contributed by atoms with Crippen LogP contribution < -0.4 is 10.1 Å². The number of aliphatic hydroxyl groups is 1. The van der Waals surface area contributed by atoms with E-state index >= 15 is 0 Å². The second kappa shape index (κ2) is 9.34. The molecule has 2 N–H and O–H groups in total. The van der Waals surface area contributed by atoms with Crippen LogP contribution in [0.25, 0.3) is 0 Å². The number of hydrogen-bond donors (Lipinski definition) is 2. The first-order valence-corrected chi connectivity index (χ1v) is 7.74. The number of ether oxygens (including phenoxy) is 1. The van der Waals surface area contributed by atoms with Gasteiger partial charge in [0.15, 0.2) is 0 Å². The van der Waals surface area contributed by atoms with Gasteiger partial charge >= 0.3 is 0 Å². The summed E-state index contributed by atoms with van der Waals surface area (Å²) in [6, 6.07) is 6.43. The minimum Gasteiger partial charge on any atom is -0.493 e. The van der Waals surface area contributed by atoms with E-state index in [0.29, 0.717) is 6.61 Å². The Morgan fingerprint density at radius 3 is 2.84 bits per heavy atom. The van der Waals surface area contributed by atoms with Crippen LogP contribution in [0.4, 0.5) is 0 Å². The van der Waals surface area contributed by atoms with Crippen LogP contribution in [0.1, 0.15) is 44.7 Å². The summed E-state index contributed by atoms with van der Waals surface area (Å²) in [5.74, 6) is 0.920. The first-order chi connectivity index (χ1) is 9.19. The van der Waals surface area contributed by atoms with Gasteiger partial charge in [-0.15, -0.1) is 0 Å². The molecule has 0 aliphatic heterocycles. The lowest BCUT2D eigenvalue weighted by molar-refractivity contribution is 0.251. The molecule has 0 saturated heterocycles. The van der Waals surface area contributed by atoms with Crippen molar-refractivity contribution in [2.24, 2.45) is 0 Å². The molecule has 0 fully saturated rings. The summed E-state index contributed by atoms with van der Waals surface area (Å²) in [6.07, 6.45) is 2.78. The van der Waals surface area contributed by atoms with Crippen molar-refractivity contribution in [1.82, 2.24) is 5.32 Å². The summed E-state index contributed by atoms with van der Waals surface area (Å²) in [5, 5.41) is 12.2. The maximum absolute atomic E-state index is 8.77. The van der Waals surface area contributed by atoms with Gasteiger partial charge in [0.2, 0.25) is 0 Å². The van der Waals surface area contributed by atoms with Crippen LogP contribution in [0.3, 0.4) is 0 Å². The number of benzene rings is 1. The second-order valence-corrected chi connectivity index (χ2v) is 5.55. The molecule has 1 atom stereocenters. The van der Waals surface area contributed by atoms with Crippen LogP contribution >= 0.6 is 15.9 Å². The lowest BCUT2D eigenvalue weighted by Gasteiger charge is -2.18. The smallest absolute Gasteiger partial charge is 0.125 e. The fraction of sp³-hybridized carbons (Fsp3) is 0.600. The zero-order valence-electron chi connectivity index (χ0n) is 11.8. The minimum absolute atomic E-state index is 0.225. The average Bonchev–Trinajstić information content (AvgIpc) is 2.41. The predicted octanol–water partition coefficient (Wildman–Crippen LogP) is 3.66. The van der Waals surface area contributed by atoms with Crippen molar-refractivity contribution in [2.45, 2.75) is 39.2 Å². The molecule has 1 rings (SSSR count). The van der Waals surface area contributed by atoms with Gasteiger partial charge in [-0.25, -0.2) is 0 Å². The Kier molecular flexibility index (Phi) is 8.10. The number of unbranched alkanes of at least 4 members (excludes halogenated alkanes) is 1. The molecule has 0 aromatic heterocycles. The van der Waals surface area contributed by atoms with Crippen molar-refractivity contribution < 1.29 is 9.84 Å². The Labute approximate surface area is 124 Å². The van der Waals surface area contributed by atoms with Gasteiger partial charge in [-0.3, -0.25) is 0 Å². The summed E-state index contributed by atoms with van der Waals surface area (Å²) in [6.45, 7) is 6.18. The van der Waals surface area contributed by atoms with Crippen molar-refractivity contribution in [3.63, 3.8) is 0 Å². The van der Waals surface area contributed by atoms with E-state index in [4.69, 9.17) is 9.84 Å². The van der Waals surface area contributed by atoms with E-state index in [0.717, 1.165) is 36.0 Å². The van der Waals surface area contributed by atoms with Crippen LogP contribution in [-0.2, 0) is 0 Å². The Hall–Kier alpha value is -0.580. The molecular weight excluding hydrogens is 306 g/mol. The molecule has 108 valence electrons. The molecule has 0 bridgehead atoms. The van der Waals surface area contributed by atoms with E-state index in [1.54, 1.807) is 0 Å². The molecule has 0 aliphatic carbocycles. The zero-order chi connectivity index (χ0) is 14.1.